The first-order valence-corrected chi connectivity index (χ1v) is 8.83. The van der Waals surface area contributed by atoms with E-state index in [9.17, 15) is 12.8 Å². The van der Waals surface area contributed by atoms with Gasteiger partial charge in [-0.2, -0.15) is 0 Å². The molecule has 0 fully saturated rings. The van der Waals surface area contributed by atoms with E-state index in [-0.39, 0.29) is 11.6 Å². The number of nitrogens with one attached hydrogen (secondary N) is 2. The Bertz CT molecular complexity index is 573. The van der Waals surface area contributed by atoms with Crippen molar-refractivity contribution in [1.82, 2.24) is 10.6 Å². The summed E-state index contributed by atoms with van der Waals surface area (Å²) in [4.78, 5) is 4.04. The second-order valence-electron chi connectivity index (χ2n) is 4.79. The van der Waals surface area contributed by atoms with Gasteiger partial charge in [-0.05, 0) is 30.5 Å². The molecule has 21 heavy (non-hydrogen) atoms. The van der Waals surface area contributed by atoms with Crippen LogP contribution in [0.1, 0.15) is 12.0 Å². The first-order chi connectivity index (χ1) is 9.90. The number of rotatable bonds is 7. The van der Waals surface area contributed by atoms with E-state index >= 15 is 0 Å². The van der Waals surface area contributed by atoms with Crippen LogP contribution >= 0.6 is 0 Å². The van der Waals surface area contributed by atoms with Gasteiger partial charge >= 0.3 is 0 Å². The number of aliphatic imine (C=N–C) groups is 1. The first kappa shape index (κ1) is 17.4. The fraction of sp³-hybridized carbons (Fsp3) is 0.500. The van der Waals surface area contributed by atoms with E-state index in [1.807, 2.05) is 6.07 Å². The lowest BCUT2D eigenvalue weighted by atomic mass is 10.1. The molecule has 2 N–H and O–H groups in total. The highest BCUT2D eigenvalue weighted by Gasteiger charge is 2.02. The van der Waals surface area contributed by atoms with Gasteiger partial charge in [0.2, 0.25) is 0 Å². The molecule has 0 aliphatic heterocycles. The van der Waals surface area contributed by atoms with E-state index in [4.69, 9.17) is 0 Å². The first-order valence-electron chi connectivity index (χ1n) is 6.77. The van der Waals surface area contributed by atoms with Crippen LogP contribution in [0.25, 0.3) is 0 Å². The second kappa shape index (κ2) is 8.61. The zero-order chi connectivity index (χ0) is 15.7. The number of guanidine groups is 1. The maximum absolute atomic E-state index is 13.0. The summed E-state index contributed by atoms with van der Waals surface area (Å²) >= 11 is 0. The van der Waals surface area contributed by atoms with Crippen molar-refractivity contribution < 1.29 is 12.8 Å². The van der Waals surface area contributed by atoms with Gasteiger partial charge in [-0.1, -0.05) is 12.1 Å². The van der Waals surface area contributed by atoms with Crippen molar-refractivity contribution in [3.8, 4) is 0 Å². The van der Waals surface area contributed by atoms with Crippen LogP contribution in [0.2, 0.25) is 0 Å². The number of hydrogen-bond donors (Lipinski definition) is 2. The fourth-order valence-electron chi connectivity index (χ4n) is 1.78. The standard InChI is InChI=1S/C14H22FN3O2S/c1-16-14(17-8-4-10-21(2,19)20)18-9-7-12-5-3-6-13(15)11-12/h3,5-6,11H,4,7-10H2,1-2H3,(H2,16,17,18). The van der Waals surface area contributed by atoms with Crippen molar-refractivity contribution in [2.75, 3.05) is 32.1 Å². The molecule has 0 radical (unpaired) electrons. The minimum absolute atomic E-state index is 0.153. The molecule has 0 aliphatic carbocycles. The van der Waals surface area contributed by atoms with Gasteiger partial charge in [-0.15, -0.1) is 0 Å². The normalized spacial score (nSPS) is 12.2. The number of halogens is 1. The van der Waals surface area contributed by atoms with E-state index in [1.54, 1.807) is 13.1 Å². The summed E-state index contributed by atoms with van der Waals surface area (Å²) < 4.78 is 35.0. The molecule has 0 heterocycles. The van der Waals surface area contributed by atoms with Gasteiger partial charge < -0.3 is 10.6 Å². The van der Waals surface area contributed by atoms with Gasteiger partial charge in [0.1, 0.15) is 15.7 Å². The van der Waals surface area contributed by atoms with E-state index in [2.05, 4.69) is 15.6 Å². The summed E-state index contributed by atoms with van der Waals surface area (Å²) in [5.41, 5.74) is 0.912. The quantitative estimate of drug-likeness (QED) is 0.447. The molecule has 0 atom stereocenters. The molecule has 0 aromatic heterocycles. The molecule has 1 rings (SSSR count). The van der Waals surface area contributed by atoms with E-state index in [1.165, 1.54) is 18.4 Å². The van der Waals surface area contributed by atoms with E-state index < -0.39 is 9.84 Å². The molecule has 0 saturated carbocycles. The minimum Gasteiger partial charge on any atom is -0.356 e. The largest absolute Gasteiger partial charge is 0.356 e. The summed E-state index contributed by atoms with van der Waals surface area (Å²) in [7, 11) is -1.27. The summed E-state index contributed by atoms with van der Waals surface area (Å²) in [5, 5.41) is 6.14. The SMILES string of the molecule is CN=C(NCCCS(C)(=O)=O)NCCc1cccc(F)c1. The van der Waals surface area contributed by atoms with Crippen LogP contribution in [-0.4, -0.2) is 46.5 Å². The maximum Gasteiger partial charge on any atom is 0.190 e. The monoisotopic (exact) mass is 315 g/mol. The fourth-order valence-corrected chi connectivity index (χ4v) is 2.45. The van der Waals surface area contributed by atoms with Gasteiger partial charge in [0.05, 0.1) is 5.75 Å². The van der Waals surface area contributed by atoms with Crippen LogP contribution < -0.4 is 10.6 Å². The molecule has 7 heteroatoms. The van der Waals surface area contributed by atoms with Gasteiger partial charge in [0.15, 0.2) is 5.96 Å². The Labute approximate surface area is 125 Å². The van der Waals surface area contributed by atoms with Crippen LogP contribution in [-0.2, 0) is 16.3 Å². The molecule has 118 valence electrons. The van der Waals surface area contributed by atoms with Crippen LogP contribution in [0.15, 0.2) is 29.3 Å². The second-order valence-corrected chi connectivity index (χ2v) is 7.05. The lowest BCUT2D eigenvalue weighted by molar-refractivity contribution is 0.598. The highest BCUT2D eigenvalue weighted by molar-refractivity contribution is 7.90. The van der Waals surface area contributed by atoms with Crippen molar-refractivity contribution in [1.29, 1.82) is 0 Å². The Balaban J connectivity index is 2.25. The molecular formula is C14H22FN3O2S. The van der Waals surface area contributed by atoms with E-state index in [0.29, 0.717) is 31.9 Å². The Hall–Kier alpha value is -1.63. The highest BCUT2D eigenvalue weighted by atomic mass is 32.2. The van der Waals surface area contributed by atoms with Crippen molar-refractivity contribution in [3.63, 3.8) is 0 Å². The molecule has 1 aromatic rings. The average molecular weight is 315 g/mol. The molecule has 1 aromatic carbocycles. The molecule has 0 saturated heterocycles. The van der Waals surface area contributed by atoms with Gasteiger partial charge in [-0.3, -0.25) is 4.99 Å². The number of hydrogen-bond acceptors (Lipinski definition) is 3. The smallest absolute Gasteiger partial charge is 0.190 e. The third-order valence-corrected chi connectivity index (χ3v) is 3.83. The average Bonchev–Trinajstić information content (AvgIpc) is 2.40. The summed E-state index contributed by atoms with van der Waals surface area (Å²) in [6, 6.07) is 6.47. The minimum atomic E-state index is -2.92. The topological polar surface area (TPSA) is 70.6 Å². The zero-order valence-corrected chi connectivity index (χ0v) is 13.2. The van der Waals surface area contributed by atoms with E-state index in [0.717, 1.165) is 5.56 Å². The van der Waals surface area contributed by atoms with Crippen LogP contribution in [0, 0.1) is 5.82 Å². The Morgan fingerprint density at radius 2 is 2.00 bits per heavy atom. The van der Waals surface area contributed by atoms with Gasteiger partial charge in [-0.25, -0.2) is 12.8 Å². The molecule has 0 aliphatic rings. The third kappa shape index (κ3) is 8.29. The lowest BCUT2D eigenvalue weighted by Crippen LogP contribution is -2.39. The van der Waals surface area contributed by atoms with Gasteiger partial charge in [0, 0.05) is 26.4 Å². The molecule has 0 bridgehead atoms. The predicted octanol–water partition coefficient (Wildman–Crippen LogP) is 0.968. The number of benzene rings is 1. The number of nitrogens with zero attached hydrogens (tertiary/aromatic N) is 1. The van der Waals surface area contributed by atoms with Crippen molar-refractivity contribution in [2.24, 2.45) is 4.99 Å². The lowest BCUT2D eigenvalue weighted by Gasteiger charge is -2.11. The Morgan fingerprint density at radius 3 is 2.62 bits per heavy atom. The maximum atomic E-state index is 13.0. The molecule has 0 spiro atoms. The van der Waals surface area contributed by atoms with Gasteiger partial charge in [0.25, 0.3) is 0 Å². The number of sulfone groups is 1. The summed E-state index contributed by atoms with van der Waals surface area (Å²) in [6.45, 7) is 1.15. The molecule has 0 unspecified atom stereocenters. The highest BCUT2D eigenvalue weighted by Crippen LogP contribution is 2.03. The van der Waals surface area contributed by atoms with Crippen molar-refractivity contribution >= 4 is 15.8 Å². The third-order valence-electron chi connectivity index (χ3n) is 2.80. The summed E-state index contributed by atoms with van der Waals surface area (Å²) in [6.07, 6.45) is 2.43. The summed E-state index contributed by atoms with van der Waals surface area (Å²) in [5.74, 6) is 0.524. The van der Waals surface area contributed by atoms with Crippen LogP contribution in [0.3, 0.4) is 0 Å². The van der Waals surface area contributed by atoms with Crippen molar-refractivity contribution in [2.45, 2.75) is 12.8 Å². The molecule has 0 amide bonds. The van der Waals surface area contributed by atoms with Crippen molar-refractivity contribution in [3.05, 3.63) is 35.6 Å². The van der Waals surface area contributed by atoms with Crippen LogP contribution in [0.4, 0.5) is 4.39 Å². The molecular weight excluding hydrogens is 293 g/mol. The predicted molar refractivity (Wildman–Crippen MR) is 83.8 cm³/mol. The molecule has 5 nitrogen and oxygen atoms in total. The zero-order valence-electron chi connectivity index (χ0n) is 12.4. The Morgan fingerprint density at radius 1 is 1.29 bits per heavy atom. The Kier molecular flexibility index (Phi) is 7.14. The van der Waals surface area contributed by atoms with Crippen LogP contribution in [0.5, 0.6) is 0 Å².